The van der Waals surface area contributed by atoms with Crippen LogP contribution in [0.5, 0.6) is 0 Å². The van der Waals surface area contributed by atoms with Crippen LogP contribution in [0.4, 0.5) is 0 Å². The predicted molar refractivity (Wildman–Crippen MR) is 53.6 cm³/mol. The van der Waals surface area contributed by atoms with Gasteiger partial charge in [0.1, 0.15) is 0 Å². The zero-order valence-corrected chi connectivity index (χ0v) is 8.13. The van der Waals surface area contributed by atoms with E-state index in [1.165, 1.54) is 0 Å². The maximum absolute atomic E-state index is 4.00. The summed E-state index contributed by atoms with van der Waals surface area (Å²) in [6.45, 7) is 5.90. The first-order valence-electron chi connectivity index (χ1n) is 3.96. The highest BCUT2D eigenvalue weighted by molar-refractivity contribution is 5.85. The van der Waals surface area contributed by atoms with Crippen molar-refractivity contribution in [3.63, 3.8) is 0 Å². The molecule has 1 aromatic rings. The first-order valence-corrected chi connectivity index (χ1v) is 3.96. The van der Waals surface area contributed by atoms with Crippen LogP contribution in [0.1, 0.15) is 25.8 Å². The highest BCUT2D eigenvalue weighted by Crippen LogP contribution is 2.14. The van der Waals surface area contributed by atoms with Crippen LogP contribution in [-0.4, -0.2) is 9.55 Å². The van der Waals surface area contributed by atoms with Gasteiger partial charge in [-0.1, -0.05) is 13.0 Å². The molecule has 0 radical (unpaired) electrons. The topological polar surface area (TPSA) is 17.8 Å². The van der Waals surface area contributed by atoms with Gasteiger partial charge in [-0.15, -0.1) is 19.0 Å². The van der Waals surface area contributed by atoms with Crippen molar-refractivity contribution in [1.82, 2.24) is 9.55 Å². The molecule has 0 aromatic carbocycles. The van der Waals surface area contributed by atoms with E-state index in [0.29, 0.717) is 6.04 Å². The monoisotopic (exact) mass is 186 g/mol. The number of hydrogen-bond acceptors (Lipinski definition) is 1. The molecule has 3 heteroatoms. The second kappa shape index (κ2) is 5.84. The smallest absolute Gasteiger partial charge is 0.0948 e. The van der Waals surface area contributed by atoms with Crippen LogP contribution in [0, 0.1) is 0 Å². The lowest BCUT2D eigenvalue weighted by Gasteiger charge is -2.13. The minimum absolute atomic E-state index is 0. The molecule has 1 unspecified atom stereocenters. The number of nitrogens with zero attached hydrogens (tertiary/aromatic N) is 2. The molecule has 0 bridgehead atoms. The first kappa shape index (κ1) is 11.2. The lowest BCUT2D eigenvalue weighted by Crippen LogP contribution is -2.03. The van der Waals surface area contributed by atoms with Gasteiger partial charge in [-0.25, -0.2) is 4.98 Å². The summed E-state index contributed by atoms with van der Waals surface area (Å²) in [5.74, 6) is 0. The number of aromatic nitrogens is 2. The summed E-state index contributed by atoms with van der Waals surface area (Å²) < 4.78 is 2.13. The third-order valence-electron chi connectivity index (χ3n) is 1.86. The fourth-order valence-corrected chi connectivity index (χ4v) is 1.18. The van der Waals surface area contributed by atoms with Crippen LogP contribution < -0.4 is 0 Å². The zero-order chi connectivity index (χ0) is 8.10. The number of halogens is 1. The SMILES string of the molecule is C=CCC(CC)n1ccnc1.Cl. The molecule has 12 heavy (non-hydrogen) atoms. The maximum Gasteiger partial charge on any atom is 0.0948 e. The van der Waals surface area contributed by atoms with Crippen molar-refractivity contribution in [2.24, 2.45) is 0 Å². The summed E-state index contributed by atoms with van der Waals surface area (Å²) in [5, 5.41) is 0. The molecule has 0 saturated heterocycles. The Morgan fingerprint density at radius 3 is 2.83 bits per heavy atom. The van der Waals surface area contributed by atoms with Gasteiger partial charge < -0.3 is 4.57 Å². The minimum Gasteiger partial charge on any atom is -0.334 e. The molecule has 1 aromatic heterocycles. The fraction of sp³-hybridized carbons (Fsp3) is 0.444. The number of rotatable bonds is 4. The highest BCUT2D eigenvalue weighted by Gasteiger charge is 2.03. The second-order valence-electron chi connectivity index (χ2n) is 2.60. The molecule has 0 N–H and O–H groups in total. The molecule has 0 aliphatic carbocycles. The summed E-state index contributed by atoms with van der Waals surface area (Å²) in [7, 11) is 0. The van der Waals surface area contributed by atoms with Gasteiger partial charge >= 0.3 is 0 Å². The van der Waals surface area contributed by atoms with Gasteiger partial charge in [-0.2, -0.15) is 0 Å². The summed E-state index contributed by atoms with van der Waals surface area (Å²) in [4.78, 5) is 4.00. The quantitative estimate of drug-likeness (QED) is 0.662. The minimum atomic E-state index is 0. The average Bonchev–Trinajstić information content (AvgIpc) is 2.52. The van der Waals surface area contributed by atoms with E-state index in [1.807, 2.05) is 24.8 Å². The molecule has 0 saturated carbocycles. The van der Waals surface area contributed by atoms with Crippen LogP contribution in [0.15, 0.2) is 31.4 Å². The van der Waals surface area contributed by atoms with Gasteiger partial charge in [-0.3, -0.25) is 0 Å². The van der Waals surface area contributed by atoms with E-state index >= 15 is 0 Å². The summed E-state index contributed by atoms with van der Waals surface area (Å²) in [6.07, 6.45) is 9.77. The van der Waals surface area contributed by atoms with Crippen molar-refractivity contribution in [2.45, 2.75) is 25.8 Å². The fourth-order valence-electron chi connectivity index (χ4n) is 1.18. The Labute approximate surface area is 79.7 Å². The van der Waals surface area contributed by atoms with Gasteiger partial charge in [0, 0.05) is 18.4 Å². The van der Waals surface area contributed by atoms with Crippen molar-refractivity contribution >= 4 is 12.4 Å². The molecule has 2 nitrogen and oxygen atoms in total. The summed E-state index contributed by atoms with van der Waals surface area (Å²) in [5.41, 5.74) is 0. The largest absolute Gasteiger partial charge is 0.334 e. The zero-order valence-electron chi connectivity index (χ0n) is 7.31. The molecule has 68 valence electrons. The van der Waals surface area contributed by atoms with Crippen LogP contribution in [0.2, 0.25) is 0 Å². The molecule has 0 amide bonds. The van der Waals surface area contributed by atoms with Crippen LogP contribution in [0.25, 0.3) is 0 Å². The molecular formula is C9H15ClN2. The molecule has 0 spiro atoms. The van der Waals surface area contributed by atoms with Gasteiger partial charge in [0.25, 0.3) is 0 Å². The van der Waals surface area contributed by atoms with E-state index < -0.39 is 0 Å². The Morgan fingerprint density at radius 1 is 1.67 bits per heavy atom. The predicted octanol–water partition coefficient (Wildman–Crippen LogP) is 2.83. The Kier molecular flexibility index (Phi) is 5.47. The summed E-state index contributed by atoms with van der Waals surface area (Å²) >= 11 is 0. The highest BCUT2D eigenvalue weighted by atomic mass is 35.5. The Balaban J connectivity index is 0.00000121. The molecule has 0 aliphatic heterocycles. The van der Waals surface area contributed by atoms with Crippen LogP contribution in [0.3, 0.4) is 0 Å². The van der Waals surface area contributed by atoms with Crippen molar-refractivity contribution in [3.05, 3.63) is 31.4 Å². The Bertz CT molecular complexity index is 206. The lowest BCUT2D eigenvalue weighted by molar-refractivity contribution is 0.491. The van der Waals surface area contributed by atoms with Gasteiger partial charge in [0.2, 0.25) is 0 Å². The van der Waals surface area contributed by atoms with Crippen LogP contribution in [-0.2, 0) is 0 Å². The third-order valence-corrected chi connectivity index (χ3v) is 1.86. The first-order chi connectivity index (χ1) is 5.38. The van der Waals surface area contributed by atoms with Gasteiger partial charge in [-0.05, 0) is 12.8 Å². The van der Waals surface area contributed by atoms with Crippen molar-refractivity contribution in [1.29, 1.82) is 0 Å². The van der Waals surface area contributed by atoms with Crippen molar-refractivity contribution in [2.75, 3.05) is 0 Å². The summed E-state index contributed by atoms with van der Waals surface area (Å²) in [6, 6.07) is 0.537. The standard InChI is InChI=1S/C9H14N2.ClH/c1-3-5-9(4-2)11-7-6-10-8-11;/h3,6-9H,1,4-5H2,2H3;1H. The maximum atomic E-state index is 4.00. The molecule has 1 heterocycles. The normalized spacial score (nSPS) is 11.8. The average molecular weight is 187 g/mol. The molecule has 1 rings (SSSR count). The second-order valence-corrected chi connectivity index (χ2v) is 2.60. The number of imidazole rings is 1. The van der Waals surface area contributed by atoms with E-state index in [4.69, 9.17) is 0 Å². The Hall–Kier alpha value is -0.760. The number of allylic oxidation sites excluding steroid dienone is 1. The Morgan fingerprint density at radius 2 is 2.42 bits per heavy atom. The molecular weight excluding hydrogens is 172 g/mol. The lowest BCUT2D eigenvalue weighted by atomic mass is 10.1. The van der Waals surface area contributed by atoms with E-state index in [1.54, 1.807) is 0 Å². The molecule has 1 atom stereocenters. The van der Waals surface area contributed by atoms with E-state index in [9.17, 15) is 0 Å². The van der Waals surface area contributed by atoms with E-state index in [-0.39, 0.29) is 12.4 Å². The van der Waals surface area contributed by atoms with Crippen LogP contribution >= 0.6 is 12.4 Å². The molecule has 0 aliphatic rings. The van der Waals surface area contributed by atoms with E-state index in [2.05, 4.69) is 23.1 Å². The van der Waals surface area contributed by atoms with E-state index in [0.717, 1.165) is 12.8 Å². The van der Waals surface area contributed by atoms with Crippen molar-refractivity contribution in [3.8, 4) is 0 Å². The molecule has 0 fully saturated rings. The number of hydrogen-bond donors (Lipinski definition) is 0. The van der Waals surface area contributed by atoms with Crippen molar-refractivity contribution < 1.29 is 0 Å². The third kappa shape index (κ3) is 2.70. The van der Waals surface area contributed by atoms with Gasteiger partial charge in [0.15, 0.2) is 0 Å². The van der Waals surface area contributed by atoms with Gasteiger partial charge in [0.05, 0.1) is 6.33 Å².